The van der Waals surface area contributed by atoms with Crippen LogP contribution in [0.3, 0.4) is 0 Å². The van der Waals surface area contributed by atoms with E-state index >= 15 is 0 Å². The topological polar surface area (TPSA) is 81.7 Å². The third-order valence-electron chi connectivity index (χ3n) is 2.28. The summed E-state index contributed by atoms with van der Waals surface area (Å²) in [5.74, 6) is 6.49. The van der Waals surface area contributed by atoms with Crippen LogP contribution in [-0.2, 0) is 7.05 Å². The molecule has 2 aromatic heterocycles. The molecule has 0 aromatic carbocycles. The first-order chi connectivity index (χ1) is 7.22. The molecule has 0 unspecified atom stereocenters. The van der Waals surface area contributed by atoms with Gasteiger partial charge >= 0.3 is 0 Å². The molecule has 0 saturated heterocycles. The Hall–Kier alpha value is -1.95. The number of nitrogen functional groups attached to an aromatic ring is 1. The van der Waals surface area contributed by atoms with E-state index in [1.54, 1.807) is 23.1 Å². The van der Waals surface area contributed by atoms with Gasteiger partial charge in [-0.05, 0) is 6.92 Å². The van der Waals surface area contributed by atoms with Crippen LogP contribution in [-0.4, -0.2) is 19.7 Å². The molecule has 6 nitrogen and oxygen atoms in total. The highest BCUT2D eigenvalue weighted by Gasteiger charge is 2.09. The number of aryl methyl sites for hydroxylation is 1. The highest BCUT2D eigenvalue weighted by atomic mass is 15.3. The lowest BCUT2D eigenvalue weighted by atomic mass is 10.2. The molecule has 15 heavy (non-hydrogen) atoms. The summed E-state index contributed by atoms with van der Waals surface area (Å²) in [5, 5.41) is 4.13. The van der Waals surface area contributed by atoms with Gasteiger partial charge in [-0.2, -0.15) is 5.10 Å². The van der Waals surface area contributed by atoms with E-state index in [1.165, 1.54) is 0 Å². The zero-order chi connectivity index (χ0) is 10.8. The molecule has 0 amide bonds. The van der Waals surface area contributed by atoms with E-state index in [2.05, 4.69) is 20.5 Å². The molecule has 3 N–H and O–H groups in total. The minimum absolute atomic E-state index is 0.586. The van der Waals surface area contributed by atoms with Gasteiger partial charge in [-0.1, -0.05) is 0 Å². The molecule has 0 aliphatic heterocycles. The van der Waals surface area contributed by atoms with Crippen LogP contribution in [0.4, 0.5) is 5.82 Å². The van der Waals surface area contributed by atoms with Crippen molar-refractivity contribution in [1.29, 1.82) is 0 Å². The zero-order valence-corrected chi connectivity index (χ0v) is 8.60. The number of nitrogens with zero attached hydrogens (tertiary/aromatic N) is 4. The number of nitrogens with one attached hydrogen (secondary N) is 1. The van der Waals surface area contributed by atoms with Crippen molar-refractivity contribution in [3.63, 3.8) is 0 Å². The van der Waals surface area contributed by atoms with Gasteiger partial charge in [0.25, 0.3) is 0 Å². The Morgan fingerprint density at radius 3 is 2.87 bits per heavy atom. The van der Waals surface area contributed by atoms with E-state index in [4.69, 9.17) is 5.84 Å². The van der Waals surface area contributed by atoms with Crippen LogP contribution in [0.1, 0.15) is 5.69 Å². The summed E-state index contributed by atoms with van der Waals surface area (Å²) in [5.41, 5.74) is 4.41. The normalized spacial score (nSPS) is 10.3. The molecular weight excluding hydrogens is 192 g/mol. The van der Waals surface area contributed by atoms with Gasteiger partial charge in [-0.25, -0.2) is 15.8 Å². The van der Waals surface area contributed by atoms with Crippen LogP contribution in [0.15, 0.2) is 18.5 Å². The maximum Gasteiger partial charge on any atom is 0.165 e. The van der Waals surface area contributed by atoms with Crippen LogP contribution in [0.5, 0.6) is 0 Å². The fourth-order valence-corrected chi connectivity index (χ4v) is 1.29. The molecule has 0 saturated carbocycles. The second-order valence-electron chi connectivity index (χ2n) is 3.18. The van der Waals surface area contributed by atoms with E-state index in [0.717, 1.165) is 11.3 Å². The molecule has 0 spiro atoms. The third-order valence-corrected chi connectivity index (χ3v) is 2.28. The molecule has 6 heteroatoms. The standard InChI is InChI=1S/C9H12N6/c1-6-7(5-12-15(6)2)9-11-4-3-8(13-9)14-10/h3-5H,10H2,1-2H3,(H,11,13,14). The Balaban J connectivity index is 2.49. The molecule has 2 heterocycles. The van der Waals surface area contributed by atoms with Crippen molar-refractivity contribution in [1.82, 2.24) is 19.7 Å². The fraction of sp³-hybridized carbons (Fsp3) is 0.222. The molecule has 0 aliphatic carbocycles. The van der Waals surface area contributed by atoms with E-state index in [1.807, 2.05) is 14.0 Å². The Morgan fingerprint density at radius 2 is 2.27 bits per heavy atom. The van der Waals surface area contributed by atoms with Crippen LogP contribution >= 0.6 is 0 Å². The van der Waals surface area contributed by atoms with Crippen LogP contribution in [0.2, 0.25) is 0 Å². The summed E-state index contributed by atoms with van der Waals surface area (Å²) >= 11 is 0. The van der Waals surface area contributed by atoms with Crippen molar-refractivity contribution in [2.75, 3.05) is 5.43 Å². The van der Waals surface area contributed by atoms with Crippen molar-refractivity contribution >= 4 is 5.82 Å². The first-order valence-electron chi connectivity index (χ1n) is 4.51. The van der Waals surface area contributed by atoms with Crippen LogP contribution < -0.4 is 11.3 Å². The minimum atomic E-state index is 0.586. The van der Waals surface area contributed by atoms with Gasteiger partial charge < -0.3 is 5.43 Å². The molecule has 78 valence electrons. The number of hydrogen-bond donors (Lipinski definition) is 2. The van der Waals surface area contributed by atoms with E-state index < -0.39 is 0 Å². The smallest absolute Gasteiger partial charge is 0.165 e. The number of rotatable bonds is 2. The lowest BCUT2D eigenvalue weighted by Gasteiger charge is -2.02. The maximum absolute atomic E-state index is 5.28. The average Bonchev–Trinajstić information content (AvgIpc) is 2.60. The number of nitrogens with two attached hydrogens (primary N) is 1. The van der Waals surface area contributed by atoms with Crippen LogP contribution in [0.25, 0.3) is 11.4 Å². The molecule has 0 fully saturated rings. The molecule has 0 atom stereocenters. The molecule has 0 aliphatic rings. The summed E-state index contributed by atoms with van der Waals surface area (Å²) in [6.07, 6.45) is 3.40. The predicted molar refractivity (Wildman–Crippen MR) is 56.8 cm³/mol. The first-order valence-corrected chi connectivity index (χ1v) is 4.51. The first kappa shape index (κ1) is 9.60. The number of aromatic nitrogens is 4. The van der Waals surface area contributed by atoms with Gasteiger partial charge in [0, 0.05) is 25.0 Å². The SMILES string of the molecule is Cc1c(-c2nccc(NN)n2)cnn1C. The third kappa shape index (κ3) is 1.66. The zero-order valence-electron chi connectivity index (χ0n) is 8.60. The largest absolute Gasteiger partial charge is 0.308 e. The average molecular weight is 204 g/mol. The summed E-state index contributed by atoms with van der Waals surface area (Å²) < 4.78 is 1.78. The quantitative estimate of drug-likeness (QED) is 0.549. The molecule has 0 radical (unpaired) electrons. The van der Waals surface area contributed by atoms with Crippen LogP contribution in [0, 0.1) is 6.92 Å². The highest BCUT2D eigenvalue weighted by Crippen LogP contribution is 2.18. The van der Waals surface area contributed by atoms with Gasteiger partial charge in [0.2, 0.25) is 0 Å². The number of hydrogen-bond acceptors (Lipinski definition) is 5. The summed E-state index contributed by atoms with van der Waals surface area (Å²) in [6.45, 7) is 1.97. The van der Waals surface area contributed by atoms with Gasteiger partial charge in [0.15, 0.2) is 5.82 Å². The van der Waals surface area contributed by atoms with Crippen molar-refractivity contribution in [2.24, 2.45) is 12.9 Å². The van der Waals surface area contributed by atoms with E-state index in [-0.39, 0.29) is 0 Å². The Morgan fingerprint density at radius 1 is 1.47 bits per heavy atom. The lowest BCUT2D eigenvalue weighted by molar-refractivity contribution is 0.740. The lowest BCUT2D eigenvalue weighted by Crippen LogP contribution is -2.09. The van der Waals surface area contributed by atoms with Gasteiger partial charge in [0.1, 0.15) is 5.82 Å². The summed E-state index contributed by atoms with van der Waals surface area (Å²) in [6, 6.07) is 1.70. The number of hydrazine groups is 1. The molecular formula is C9H12N6. The summed E-state index contributed by atoms with van der Waals surface area (Å²) in [4.78, 5) is 8.41. The van der Waals surface area contributed by atoms with Gasteiger partial charge in [-0.3, -0.25) is 4.68 Å². The van der Waals surface area contributed by atoms with Crippen molar-refractivity contribution in [2.45, 2.75) is 6.92 Å². The summed E-state index contributed by atoms with van der Waals surface area (Å²) in [7, 11) is 1.88. The second-order valence-corrected chi connectivity index (χ2v) is 3.18. The van der Waals surface area contributed by atoms with Crippen molar-refractivity contribution in [3.8, 4) is 11.4 Å². The van der Waals surface area contributed by atoms with E-state index in [0.29, 0.717) is 11.6 Å². The maximum atomic E-state index is 5.28. The Labute approximate surface area is 87.1 Å². The van der Waals surface area contributed by atoms with E-state index in [9.17, 15) is 0 Å². The fourth-order valence-electron chi connectivity index (χ4n) is 1.29. The molecule has 2 aromatic rings. The predicted octanol–water partition coefficient (Wildman–Crippen LogP) is 0.471. The van der Waals surface area contributed by atoms with Crippen molar-refractivity contribution < 1.29 is 0 Å². The minimum Gasteiger partial charge on any atom is -0.308 e. The highest BCUT2D eigenvalue weighted by molar-refractivity contribution is 5.58. The monoisotopic (exact) mass is 204 g/mol. The van der Waals surface area contributed by atoms with Crippen molar-refractivity contribution in [3.05, 3.63) is 24.2 Å². The Bertz CT molecular complexity index is 475. The Kier molecular flexibility index (Phi) is 2.34. The molecule has 2 rings (SSSR count). The molecule has 0 bridgehead atoms. The second kappa shape index (κ2) is 3.66. The van der Waals surface area contributed by atoms with Gasteiger partial charge in [-0.15, -0.1) is 0 Å². The number of anilines is 1. The van der Waals surface area contributed by atoms with Gasteiger partial charge in [0.05, 0.1) is 11.8 Å².